The van der Waals surface area contributed by atoms with Gasteiger partial charge in [-0.3, -0.25) is 19.8 Å². The second-order valence-corrected chi connectivity index (χ2v) is 9.09. The van der Waals surface area contributed by atoms with Gasteiger partial charge in [-0.15, -0.1) is 0 Å². The Balaban J connectivity index is 1.50. The maximum absolute atomic E-state index is 13.2. The van der Waals surface area contributed by atoms with Crippen LogP contribution in [0.3, 0.4) is 0 Å². The molecule has 9 nitrogen and oxygen atoms in total. The zero-order valence-electron chi connectivity index (χ0n) is 19.8. The van der Waals surface area contributed by atoms with E-state index in [4.69, 9.17) is 0 Å². The number of benzene rings is 1. The molecule has 1 aromatic heterocycles. The Morgan fingerprint density at radius 1 is 1.24 bits per heavy atom. The monoisotopic (exact) mass is 454 g/mol. The van der Waals surface area contributed by atoms with E-state index in [0.29, 0.717) is 18.9 Å². The SMILES string of the molecule is CCN(CC)CCn1c(NC(=O)CN2C(=O)N[C@@]3(CCCC[C@H]3C)C2=O)nc2ccccc21. The maximum atomic E-state index is 13.2. The molecule has 33 heavy (non-hydrogen) atoms. The standard InChI is InChI=1S/C24H34N6O3/c1-4-28(5-2)14-15-29-19-12-7-6-11-18(19)25-22(29)26-20(31)16-30-21(32)24(27-23(30)33)13-9-8-10-17(24)3/h6-7,11-12,17H,4-5,8-10,13-16H2,1-3H3,(H,27,33)(H,25,26,31)/t17-,24-/m1/s1. The van der Waals surface area contributed by atoms with Gasteiger partial charge in [0.05, 0.1) is 11.0 Å². The average molecular weight is 455 g/mol. The van der Waals surface area contributed by atoms with Crippen LogP contribution < -0.4 is 10.6 Å². The second-order valence-electron chi connectivity index (χ2n) is 9.09. The van der Waals surface area contributed by atoms with Gasteiger partial charge < -0.3 is 14.8 Å². The normalized spacial score (nSPS) is 23.0. The fraction of sp³-hybridized carbons (Fsp3) is 0.583. The number of nitrogens with one attached hydrogen (secondary N) is 2. The molecular weight excluding hydrogens is 420 g/mol. The zero-order chi connectivity index (χ0) is 23.6. The Morgan fingerprint density at radius 3 is 2.73 bits per heavy atom. The summed E-state index contributed by atoms with van der Waals surface area (Å²) < 4.78 is 1.99. The molecule has 1 spiro atoms. The topological polar surface area (TPSA) is 99.6 Å². The van der Waals surface area contributed by atoms with Crippen LogP contribution in [0.15, 0.2) is 24.3 Å². The van der Waals surface area contributed by atoms with E-state index in [0.717, 1.165) is 54.8 Å². The van der Waals surface area contributed by atoms with E-state index in [9.17, 15) is 14.4 Å². The maximum Gasteiger partial charge on any atom is 0.325 e. The number of carbonyl (C=O) groups excluding carboxylic acids is 3. The summed E-state index contributed by atoms with van der Waals surface area (Å²) in [6.45, 7) is 9.30. The fourth-order valence-corrected chi connectivity index (χ4v) is 5.13. The third-order valence-electron chi connectivity index (χ3n) is 7.24. The molecule has 1 aliphatic carbocycles. The minimum Gasteiger partial charge on any atom is -0.323 e. The number of hydrogen-bond acceptors (Lipinski definition) is 5. The van der Waals surface area contributed by atoms with Gasteiger partial charge in [0.15, 0.2) is 0 Å². The van der Waals surface area contributed by atoms with Gasteiger partial charge in [0, 0.05) is 13.1 Å². The van der Waals surface area contributed by atoms with Crippen molar-refractivity contribution < 1.29 is 14.4 Å². The lowest BCUT2D eigenvalue weighted by atomic mass is 9.73. The summed E-state index contributed by atoms with van der Waals surface area (Å²) >= 11 is 0. The molecule has 2 heterocycles. The number of imide groups is 1. The first-order valence-corrected chi connectivity index (χ1v) is 12.0. The van der Waals surface area contributed by atoms with Gasteiger partial charge in [-0.1, -0.05) is 45.7 Å². The average Bonchev–Trinajstić information content (AvgIpc) is 3.26. The van der Waals surface area contributed by atoms with E-state index in [2.05, 4.69) is 34.4 Å². The number of anilines is 1. The Bertz CT molecular complexity index is 1050. The smallest absolute Gasteiger partial charge is 0.323 e. The van der Waals surface area contributed by atoms with Crippen molar-refractivity contribution in [2.24, 2.45) is 5.92 Å². The summed E-state index contributed by atoms with van der Waals surface area (Å²) in [5.41, 5.74) is 0.856. The number of carbonyl (C=O) groups is 3. The van der Waals surface area contributed by atoms with Crippen molar-refractivity contribution in [3.63, 3.8) is 0 Å². The minimum atomic E-state index is -0.869. The summed E-state index contributed by atoms with van der Waals surface area (Å²) in [7, 11) is 0. The number of hydrogen-bond donors (Lipinski definition) is 2. The van der Waals surface area contributed by atoms with Crippen molar-refractivity contribution in [1.29, 1.82) is 0 Å². The molecule has 9 heteroatoms. The number of rotatable bonds is 8. The summed E-state index contributed by atoms with van der Waals surface area (Å²) in [6.07, 6.45) is 3.46. The number of urea groups is 1. The first kappa shape index (κ1) is 23.2. The summed E-state index contributed by atoms with van der Waals surface area (Å²) in [5, 5.41) is 5.75. The first-order valence-electron chi connectivity index (χ1n) is 12.0. The van der Waals surface area contributed by atoms with Crippen LogP contribution in [0.25, 0.3) is 11.0 Å². The van der Waals surface area contributed by atoms with Crippen molar-refractivity contribution in [2.75, 3.05) is 31.5 Å². The van der Waals surface area contributed by atoms with Crippen molar-refractivity contribution in [1.82, 2.24) is 24.7 Å². The van der Waals surface area contributed by atoms with Gasteiger partial charge in [0.25, 0.3) is 5.91 Å². The van der Waals surface area contributed by atoms with E-state index < -0.39 is 17.5 Å². The highest BCUT2D eigenvalue weighted by molar-refractivity contribution is 6.10. The van der Waals surface area contributed by atoms with Crippen LogP contribution in [0.2, 0.25) is 0 Å². The third kappa shape index (κ3) is 4.34. The van der Waals surface area contributed by atoms with E-state index in [1.807, 2.05) is 35.8 Å². The summed E-state index contributed by atoms with van der Waals surface area (Å²) in [6, 6.07) is 7.25. The van der Waals surface area contributed by atoms with Crippen LogP contribution in [0.4, 0.5) is 10.7 Å². The molecule has 1 aliphatic heterocycles. The molecule has 2 atom stereocenters. The molecule has 0 radical (unpaired) electrons. The van der Waals surface area contributed by atoms with Crippen LogP contribution in [-0.2, 0) is 16.1 Å². The highest BCUT2D eigenvalue weighted by atomic mass is 16.2. The number of nitrogens with zero attached hydrogens (tertiary/aromatic N) is 4. The second kappa shape index (κ2) is 9.51. The van der Waals surface area contributed by atoms with Gasteiger partial charge in [-0.25, -0.2) is 9.78 Å². The van der Waals surface area contributed by atoms with Gasteiger partial charge in [-0.2, -0.15) is 0 Å². The zero-order valence-corrected chi connectivity index (χ0v) is 19.8. The predicted molar refractivity (Wildman–Crippen MR) is 127 cm³/mol. The molecule has 4 rings (SSSR count). The largest absolute Gasteiger partial charge is 0.325 e. The van der Waals surface area contributed by atoms with Gasteiger partial charge in [-0.05, 0) is 44.0 Å². The Kier molecular flexibility index (Phi) is 6.69. The molecule has 2 fully saturated rings. The lowest BCUT2D eigenvalue weighted by Crippen LogP contribution is -2.54. The quantitative estimate of drug-likeness (QED) is 0.598. The molecule has 1 aromatic carbocycles. The molecule has 2 aromatic rings. The molecule has 1 saturated carbocycles. The number of aromatic nitrogens is 2. The van der Waals surface area contributed by atoms with Crippen LogP contribution in [-0.4, -0.2) is 68.9 Å². The molecule has 1 saturated heterocycles. The Labute approximate surface area is 194 Å². The molecule has 2 N–H and O–H groups in total. The van der Waals surface area contributed by atoms with Crippen LogP contribution in [0.1, 0.15) is 46.5 Å². The minimum absolute atomic E-state index is 0.0556. The number of imidazole rings is 1. The number of para-hydroxylation sites is 2. The highest BCUT2D eigenvalue weighted by Gasteiger charge is 2.55. The first-order chi connectivity index (χ1) is 15.9. The van der Waals surface area contributed by atoms with E-state index in [-0.39, 0.29) is 18.4 Å². The Hall–Kier alpha value is -2.94. The van der Waals surface area contributed by atoms with Crippen LogP contribution in [0.5, 0.6) is 0 Å². The predicted octanol–water partition coefficient (Wildman–Crippen LogP) is 2.82. The molecule has 2 aliphatic rings. The number of likely N-dealkylation sites (N-methyl/N-ethyl adjacent to an activating group) is 1. The summed E-state index contributed by atoms with van der Waals surface area (Å²) in [5.74, 6) is -0.232. The highest BCUT2D eigenvalue weighted by Crippen LogP contribution is 2.38. The van der Waals surface area contributed by atoms with Gasteiger partial charge in [0.2, 0.25) is 11.9 Å². The summed E-state index contributed by atoms with van der Waals surface area (Å²) in [4.78, 5) is 46.7. The number of fused-ring (bicyclic) bond motifs is 1. The molecule has 178 valence electrons. The van der Waals surface area contributed by atoms with Gasteiger partial charge >= 0.3 is 6.03 Å². The van der Waals surface area contributed by atoms with Crippen molar-refractivity contribution in [3.05, 3.63) is 24.3 Å². The molecule has 4 amide bonds. The van der Waals surface area contributed by atoms with E-state index in [1.165, 1.54) is 0 Å². The molecular formula is C24H34N6O3. The van der Waals surface area contributed by atoms with Gasteiger partial charge in [0.1, 0.15) is 12.1 Å². The molecule has 0 bridgehead atoms. The Morgan fingerprint density at radius 2 is 2.00 bits per heavy atom. The van der Waals surface area contributed by atoms with Crippen molar-refractivity contribution in [2.45, 2.75) is 58.5 Å². The lowest BCUT2D eigenvalue weighted by molar-refractivity contribution is -0.136. The lowest BCUT2D eigenvalue weighted by Gasteiger charge is -2.36. The van der Waals surface area contributed by atoms with E-state index >= 15 is 0 Å². The van der Waals surface area contributed by atoms with Crippen LogP contribution in [0, 0.1) is 5.92 Å². The van der Waals surface area contributed by atoms with Crippen LogP contribution >= 0.6 is 0 Å². The van der Waals surface area contributed by atoms with Crippen molar-refractivity contribution >= 4 is 34.8 Å². The van der Waals surface area contributed by atoms with Crippen molar-refractivity contribution in [3.8, 4) is 0 Å². The molecule has 0 unspecified atom stereocenters. The number of amides is 4. The fourth-order valence-electron chi connectivity index (χ4n) is 5.13. The van der Waals surface area contributed by atoms with E-state index in [1.54, 1.807) is 0 Å². The third-order valence-corrected chi connectivity index (χ3v) is 7.24.